The van der Waals surface area contributed by atoms with E-state index in [0.717, 1.165) is 99.5 Å². The van der Waals surface area contributed by atoms with Gasteiger partial charge in [-0.1, -0.05) is 133 Å². The van der Waals surface area contributed by atoms with Gasteiger partial charge in [-0.15, -0.1) is 0 Å². The molecule has 3 nitrogen and oxygen atoms in total. The molecule has 242 valence electrons. The fourth-order valence-electron chi connectivity index (χ4n) is 7.83. The number of nitriles is 1. The molecule has 0 aliphatic heterocycles. The van der Waals surface area contributed by atoms with E-state index in [1.165, 1.54) is 0 Å². The molecule has 0 radical (unpaired) electrons. The Bertz CT molecular complexity index is 3030. The molecule has 2 aromatic heterocycles. The second-order valence-electron chi connectivity index (χ2n) is 13.1. The van der Waals surface area contributed by atoms with Gasteiger partial charge < -0.3 is 8.83 Å². The first kappa shape index (κ1) is 29.7. The summed E-state index contributed by atoms with van der Waals surface area (Å²) in [6, 6.07) is 63.2. The third-order valence-electron chi connectivity index (χ3n) is 10.1. The molecule has 3 heteroatoms. The maximum absolute atomic E-state index is 10.2. The van der Waals surface area contributed by atoms with Gasteiger partial charge in [0.2, 0.25) is 0 Å². The minimum atomic E-state index is 0.633. The average Bonchev–Trinajstić information content (AvgIpc) is 3.79. The van der Waals surface area contributed by atoms with E-state index < -0.39 is 0 Å². The van der Waals surface area contributed by atoms with Crippen LogP contribution in [0.1, 0.15) is 5.56 Å². The van der Waals surface area contributed by atoms with Gasteiger partial charge in [0, 0.05) is 27.1 Å². The van der Waals surface area contributed by atoms with Gasteiger partial charge in [-0.05, 0) is 92.5 Å². The van der Waals surface area contributed by atoms with Gasteiger partial charge in [0.25, 0.3) is 0 Å². The van der Waals surface area contributed by atoms with E-state index in [-0.39, 0.29) is 0 Å². The van der Waals surface area contributed by atoms with Crippen molar-refractivity contribution in [3.8, 4) is 61.7 Å². The molecule has 10 rings (SSSR count). The van der Waals surface area contributed by atoms with Crippen LogP contribution in [0.25, 0.3) is 99.5 Å². The van der Waals surface area contributed by atoms with E-state index in [0.29, 0.717) is 5.56 Å². The van der Waals surface area contributed by atoms with Gasteiger partial charge in [0.15, 0.2) is 0 Å². The maximum Gasteiger partial charge on any atom is 0.143 e. The van der Waals surface area contributed by atoms with Crippen LogP contribution in [0.4, 0.5) is 0 Å². The Morgan fingerprint density at radius 1 is 0.365 bits per heavy atom. The summed E-state index contributed by atoms with van der Waals surface area (Å²) in [6.45, 7) is 0. The van der Waals surface area contributed by atoms with Gasteiger partial charge in [0.05, 0.1) is 11.6 Å². The van der Waals surface area contributed by atoms with E-state index in [9.17, 15) is 5.26 Å². The van der Waals surface area contributed by atoms with Crippen LogP contribution in [0.15, 0.2) is 185 Å². The minimum absolute atomic E-state index is 0.633. The first-order valence-corrected chi connectivity index (χ1v) is 17.4. The van der Waals surface area contributed by atoms with Crippen molar-refractivity contribution >= 4 is 43.9 Å². The van der Waals surface area contributed by atoms with Crippen molar-refractivity contribution in [1.29, 1.82) is 5.26 Å². The number of hydrogen-bond donors (Lipinski definition) is 0. The van der Waals surface area contributed by atoms with Crippen LogP contribution in [0.2, 0.25) is 0 Å². The van der Waals surface area contributed by atoms with Gasteiger partial charge in [-0.3, -0.25) is 0 Å². The summed E-state index contributed by atoms with van der Waals surface area (Å²) in [7, 11) is 0. The summed E-state index contributed by atoms with van der Waals surface area (Å²) < 4.78 is 13.1. The number of rotatable bonds is 5. The van der Waals surface area contributed by atoms with Crippen LogP contribution < -0.4 is 0 Å². The smallest absolute Gasteiger partial charge is 0.143 e. The summed E-state index contributed by atoms with van der Waals surface area (Å²) in [6.07, 6.45) is 0. The normalized spacial score (nSPS) is 11.4. The van der Waals surface area contributed by atoms with Crippen molar-refractivity contribution in [3.63, 3.8) is 0 Å². The van der Waals surface area contributed by atoms with Crippen molar-refractivity contribution in [2.24, 2.45) is 0 Å². The number of furan rings is 2. The zero-order valence-corrected chi connectivity index (χ0v) is 28.0. The lowest BCUT2D eigenvalue weighted by atomic mass is 9.83. The van der Waals surface area contributed by atoms with Crippen LogP contribution in [-0.4, -0.2) is 0 Å². The fourth-order valence-corrected chi connectivity index (χ4v) is 7.83. The second kappa shape index (κ2) is 12.0. The third-order valence-corrected chi connectivity index (χ3v) is 10.1. The van der Waals surface area contributed by atoms with Gasteiger partial charge in [-0.25, -0.2) is 0 Å². The maximum atomic E-state index is 10.2. The van der Waals surface area contributed by atoms with E-state index >= 15 is 0 Å². The van der Waals surface area contributed by atoms with Crippen LogP contribution in [-0.2, 0) is 0 Å². The highest BCUT2D eigenvalue weighted by Gasteiger charge is 2.22. The summed E-state index contributed by atoms with van der Waals surface area (Å²) in [5.74, 6) is 0. The van der Waals surface area contributed by atoms with Gasteiger partial charge >= 0.3 is 0 Å². The number of para-hydroxylation sites is 3. The largest absolute Gasteiger partial charge is 0.456 e. The Balaban J connectivity index is 1.35. The minimum Gasteiger partial charge on any atom is -0.456 e. The van der Waals surface area contributed by atoms with E-state index in [4.69, 9.17) is 8.83 Å². The molecule has 52 heavy (non-hydrogen) atoms. The number of hydrogen-bond acceptors (Lipinski definition) is 3. The summed E-state index contributed by atoms with van der Waals surface area (Å²) >= 11 is 0. The molecular formula is C49H29NO2. The van der Waals surface area contributed by atoms with Crippen molar-refractivity contribution in [2.45, 2.75) is 0 Å². The molecule has 0 aliphatic rings. The first-order valence-electron chi connectivity index (χ1n) is 17.4. The Kier molecular flexibility index (Phi) is 6.87. The standard InChI is InChI=1S/C49H29NO2/c50-30-32-15-4-5-16-36(32)34-27-33(31-13-2-1-3-14-31)28-35(29-34)47-38(39-21-12-26-46-48(39)43-18-7-9-25-45(43)51-46)19-10-20-40(47)42-23-11-22-41-37-17-6-8-24-44(37)52-49(41)42/h1-29H. The molecule has 2 heterocycles. The second-order valence-corrected chi connectivity index (χ2v) is 13.1. The number of benzene rings is 8. The zero-order chi connectivity index (χ0) is 34.6. The summed E-state index contributed by atoms with van der Waals surface area (Å²) in [5, 5.41) is 14.5. The van der Waals surface area contributed by atoms with Crippen LogP contribution in [0.5, 0.6) is 0 Å². The van der Waals surface area contributed by atoms with Crippen LogP contribution in [0.3, 0.4) is 0 Å². The molecule has 0 fully saturated rings. The molecule has 0 unspecified atom stereocenters. The van der Waals surface area contributed by atoms with Crippen molar-refractivity contribution < 1.29 is 8.83 Å². The van der Waals surface area contributed by atoms with E-state index in [1.54, 1.807) is 0 Å². The highest BCUT2D eigenvalue weighted by molar-refractivity contribution is 6.16. The Labute approximate surface area is 300 Å². The molecular weight excluding hydrogens is 635 g/mol. The molecule has 0 atom stereocenters. The monoisotopic (exact) mass is 663 g/mol. The lowest BCUT2D eigenvalue weighted by molar-refractivity contribution is 0.669. The molecule has 0 bridgehead atoms. The highest BCUT2D eigenvalue weighted by atomic mass is 16.3. The predicted molar refractivity (Wildman–Crippen MR) is 213 cm³/mol. The van der Waals surface area contributed by atoms with Crippen molar-refractivity contribution in [2.75, 3.05) is 0 Å². The van der Waals surface area contributed by atoms with Gasteiger partial charge in [0.1, 0.15) is 22.3 Å². The zero-order valence-electron chi connectivity index (χ0n) is 28.0. The molecule has 0 amide bonds. The third kappa shape index (κ3) is 4.74. The average molecular weight is 664 g/mol. The molecule has 0 aliphatic carbocycles. The van der Waals surface area contributed by atoms with Crippen LogP contribution in [0, 0.1) is 11.3 Å². The lowest BCUT2D eigenvalue weighted by Crippen LogP contribution is -1.94. The lowest BCUT2D eigenvalue weighted by Gasteiger charge is -2.19. The Morgan fingerprint density at radius 2 is 0.923 bits per heavy atom. The quantitative estimate of drug-likeness (QED) is 0.184. The molecule has 0 spiro atoms. The molecule has 0 saturated carbocycles. The highest BCUT2D eigenvalue weighted by Crippen LogP contribution is 2.48. The van der Waals surface area contributed by atoms with E-state index in [2.05, 4.69) is 121 Å². The first-order chi connectivity index (χ1) is 25.7. The topological polar surface area (TPSA) is 50.1 Å². The summed E-state index contributed by atoms with van der Waals surface area (Å²) in [5.41, 5.74) is 14.4. The molecule has 8 aromatic carbocycles. The van der Waals surface area contributed by atoms with Crippen LogP contribution >= 0.6 is 0 Å². The molecule has 0 saturated heterocycles. The Hall–Kier alpha value is -7.15. The Morgan fingerprint density at radius 3 is 1.77 bits per heavy atom. The fraction of sp³-hybridized carbons (Fsp3) is 0. The summed E-state index contributed by atoms with van der Waals surface area (Å²) in [4.78, 5) is 0. The SMILES string of the molecule is N#Cc1ccccc1-c1cc(-c2ccccc2)cc(-c2c(-c3cccc4c3oc3ccccc34)cccc2-c2cccc3oc4ccccc4c23)c1. The van der Waals surface area contributed by atoms with Gasteiger partial charge in [-0.2, -0.15) is 5.26 Å². The van der Waals surface area contributed by atoms with Crippen molar-refractivity contribution in [1.82, 2.24) is 0 Å². The number of fused-ring (bicyclic) bond motifs is 6. The predicted octanol–water partition coefficient (Wildman–Crippen LogP) is 13.7. The molecule has 0 N–H and O–H groups in total. The number of nitrogens with zero attached hydrogens (tertiary/aromatic N) is 1. The van der Waals surface area contributed by atoms with Crippen molar-refractivity contribution in [3.05, 3.63) is 181 Å². The van der Waals surface area contributed by atoms with E-state index in [1.807, 2.05) is 60.7 Å². The molecule has 10 aromatic rings.